The predicted molar refractivity (Wildman–Crippen MR) is 66.2 cm³/mol. The molecule has 1 aromatic heterocycles. The Hall–Kier alpha value is -0.460. The summed E-state index contributed by atoms with van der Waals surface area (Å²) in [7, 11) is 3.83. The van der Waals surface area contributed by atoms with Crippen LogP contribution in [0.4, 0.5) is 0 Å². The molecule has 1 N–H and O–H groups in total. The Morgan fingerprint density at radius 3 is 2.75 bits per heavy atom. The fourth-order valence-electron chi connectivity index (χ4n) is 1.57. The molecule has 1 aromatic rings. The van der Waals surface area contributed by atoms with Gasteiger partial charge >= 0.3 is 0 Å². The molecule has 16 heavy (non-hydrogen) atoms. The van der Waals surface area contributed by atoms with Gasteiger partial charge in [-0.05, 0) is 35.8 Å². The van der Waals surface area contributed by atoms with Gasteiger partial charge in [0.2, 0.25) is 0 Å². The van der Waals surface area contributed by atoms with Crippen molar-refractivity contribution >= 4 is 15.9 Å². The zero-order valence-corrected chi connectivity index (χ0v) is 11.6. The average molecular weight is 291 g/mol. The molecule has 1 rings (SSSR count). The molecule has 1 atom stereocenters. The van der Waals surface area contributed by atoms with Gasteiger partial charge in [0.25, 0.3) is 0 Å². The fraction of sp³-hybridized carbons (Fsp3) is 0.800. The van der Waals surface area contributed by atoms with Gasteiger partial charge in [-0.3, -0.25) is 0 Å². The largest absolute Gasteiger partial charge is 0.381 e. The summed E-state index contributed by atoms with van der Waals surface area (Å²) in [4.78, 5) is 0. The quantitative estimate of drug-likeness (QED) is 0.776. The molecule has 92 valence electrons. The molecule has 5 nitrogen and oxygen atoms in total. The van der Waals surface area contributed by atoms with Gasteiger partial charge in [0.05, 0.1) is 11.7 Å². The summed E-state index contributed by atoms with van der Waals surface area (Å²) in [5.74, 6) is 0. The molecule has 1 unspecified atom stereocenters. The van der Waals surface area contributed by atoms with Crippen molar-refractivity contribution < 1.29 is 4.74 Å². The Labute approximate surface area is 105 Å². The molecule has 0 aliphatic rings. The summed E-state index contributed by atoms with van der Waals surface area (Å²) < 4.78 is 8.07. The van der Waals surface area contributed by atoms with Crippen molar-refractivity contribution in [3.63, 3.8) is 0 Å². The van der Waals surface area contributed by atoms with E-state index in [1.807, 2.05) is 14.1 Å². The van der Waals surface area contributed by atoms with E-state index in [1.54, 1.807) is 4.68 Å². The van der Waals surface area contributed by atoms with Gasteiger partial charge in [0, 0.05) is 20.3 Å². The average Bonchev–Trinajstić information content (AvgIpc) is 2.60. The summed E-state index contributed by atoms with van der Waals surface area (Å²) in [6.45, 7) is 3.68. The maximum atomic E-state index is 5.49. The van der Waals surface area contributed by atoms with Crippen LogP contribution in [0.2, 0.25) is 0 Å². The molecule has 0 aliphatic heterocycles. The number of nitrogens with one attached hydrogen (secondary N) is 1. The highest BCUT2D eigenvalue weighted by molar-refractivity contribution is 9.10. The molecule has 1 heterocycles. The second-order valence-corrected chi connectivity index (χ2v) is 4.38. The Morgan fingerprint density at radius 1 is 1.50 bits per heavy atom. The lowest BCUT2D eigenvalue weighted by Gasteiger charge is -2.16. The molecule has 0 spiro atoms. The third kappa shape index (κ3) is 3.54. The van der Waals surface area contributed by atoms with Crippen molar-refractivity contribution in [3.8, 4) is 0 Å². The summed E-state index contributed by atoms with van der Waals surface area (Å²) in [6, 6.07) is 0.214. The molecule has 0 bridgehead atoms. The van der Waals surface area contributed by atoms with Gasteiger partial charge in [0.1, 0.15) is 0 Å². The van der Waals surface area contributed by atoms with Gasteiger partial charge in [-0.25, -0.2) is 4.68 Å². The van der Waals surface area contributed by atoms with E-state index >= 15 is 0 Å². The van der Waals surface area contributed by atoms with Gasteiger partial charge in [-0.15, -0.1) is 5.10 Å². The molecule has 0 radical (unpaired) electrons. The zero-order valence-electron chi connectivity index (χ0n) is 10.0. The van der Waals surface area contributed by atoms with Crippen molar-refractivity contribution in [3.05, 3.63) is 10.3 Å². The van der Waals surface area contributed by atoms with Crippen LogP contribution in [0.15, 0.2) is 4.60 Å². The van der Waals surface area contributed by atoms with Crippen molar-refractivity contribution in [1.29, 1.82) is 0 Å². The fourth-order valence-corrected chi connectivity index (χ4v) is 2.18. The van der Waals surface area contributed by atoms with E-state index in [2.05, 4.69) is 38.5 Å². The van der Waals surface area contributed by atoms with E-state index in [0.29, 0.717) is 0 Å². The van der Waals surface area contributed by atoms with Crippen LogP contribution < -0.4 is 5.32 Å². The Bertz CT molecular complexity index is 296. The minimum Gasteiger partial charge on any atom is -0.381 e. The Morgan fingerprint density at radius 2 is 2.25 bits per heavy atom. The summed E-state index contributed by atoms with van der Waals surface area (Å²) >= 11 is 3.41. The first-order valence-corrected chi connectivity index (χ1v) is 6.30. The highest BCUT2D eigenvalue weighted by Crippen LogP contribution is 2.22. The van der Waals surface area contributed by atoms with Crippen LogP contribution in [0.25, 0.3) is 0 Å². The first-order valence-electron chi connectivity index (χ1n) is 5.50. The molecule has 0 saturated heterocycles. The molecule has 0 saturated carbocycles. The van der Waals surface area contributed by atoms with Crippen LogP contribution in [0.1, 0.15) is 31.5 Å². The lowest BCUT2D eigenvalue weighted by molar-refractivity contribution is 0.124. The molecule has 6 heteroatoms. The second kappa shape index (κ2) is 6.98. The molecule has 0 aromatic carbocycles. The van der Waals surface area contributed by atoms with E-state index in [1.165, 1.54) is 0 Å². The molecule has 0 fully saturated rings. The van der Waals surface area contributed by atoms with Crippen molar-refractivity contribution in [2.24, 2.45) is 7.05 Å². The van der Waals surface area contributed by atoms with Gasteiger partial charge < -0.3 is 10.1 Å². The smallest absolute Gasteiger partial charge is 0.153 e. The minimum atomic E-state index is 0.214. The number of halogens is 1. The van der Waals surface area contributed by atoms with Gasteiger partial charge in [0.15, 0.2) is 4.60 Å². The number of hydrogen-bond donors (Lipinski definition) is 1. The van der Waals surface area contributed by atoms with Crippen molar-refractivity contribution in [2.45, 2.75) is 25.8 Å². The number of rotatable bonds is 7. The predicted octanol–water partition coefficient (Wildman–Crippen LogP) is 1.65. The maximum Gasteiger partial charge on any atom is 0.153 e. The van der Waals surface area contributed by atoms with E-state index in [0.717, 1.165) is 36.4 Å². The van der Waals surface area contributed by atoms with Crippen LogP contribution >= 0.6 is 15.9 Å². The van der Waals surface area contributed by atoms with Crippen LogP contribution in [0.5, 0.6) is 0 Å². The second-order valence-electron chi connectivity index (χ2n) is 3.63. The number of nitrogens with zero attached hydrogens (tertiary/aromatic N) is 3. The first kappa shape index (κ1) is 13.6. The Balaban J connectivity index is 2.54. The highest BCUT2D eigenvalue weighted by Gasteiger charge is 2.18. The molecular weight excluding hydrogens is 272 g/mol. The number of aryl methyl sites for hydroxylation is 1. The van der Waals surface area contributed by atoms with Gasteiger partial charge in [-0.1, -0.05) is 12.1 Å². The topological polar surface area (TPSA) is 52.0 Å². The molecule has 0 amide bonds. The summed E-state index contributed by atoms with van der Waals surface area (Å²) in [5, 5.41) is 11.2. The van der Waals surface area contributed by atoms with E-state index in [-0.39, 0.29) is 6.04 Å². The third-order valence-corrected chi connectivity index (χ3v) is 2.97. The zero-order chi connectivity index (χ0) is 12.0. The normalized spacial score (nSPS) is 13.0. The van der Waals surface area contributed by atoms with Crippen molar-refractivity contribution in [1.82, 2.24) is 20.3 Å². The van der Waals surface area contributed by atoms with Crippen LogP contribution in [-0.4, -0.2) is 35.3 Å². The van der Waals surface area contributed by atoms with E-state index in [4.69, 9.17) is 4.74 Å². The molecular formula is C10H19BrN4O. The van der Waals surface area contributed by atoms with Gasteiger partial charge in [-0.2, -0.15) is 0 Å². The number of aromatic nitrogens is 3. The third-order valence-electron chi connectivity index (χ3n) is 2.40. The van der Waals surface area contributed by atoms with E-state index < -0.39 is 0 Å². The maximum absolute atomic E-state index is 5.49. The SMILES string of the molecule is CCCOCCC(NC)c1c(Br)nnn1C. The minimum absolute atomic E-state index is 0.214. The number of hydrogen-bond acceptors (Lipinski definition) is 4. The van der Waals surface area contributed by atoms with Crippen LogP contribution in [-0.2, 0) is 11.8 Å². The highest BCUT2D eigenvalue weighted by atomic mass is 79.9. The summed E-state index contributed by atoms with van der Waals surface area (Å²) in [5.41, 5.74) is 1.06. The molecule has 0 aliphatic carbocycles. The Kier molecular flexibility index (Phi) is 5.94. The number of ether oxygens (including phenoxy) is 1. The first-order chi connectivity index (χ1) is 7.70. The van der Waals surface area contributed by atoms with Crippen LogP contribution in [0, 0.1) is 0 Å². The van der Waals surface area contributed by atoms with Crippen LogP contribution in [0.3, 0.4) is 0 Å². The monoisotopic (exact) mass is 290 g/mol. The van der Waals surface area contributed by atoms with Crippen molar-refractivity contribution in [2.75, 3.05) is 20.3 Å². The summed E-state index contributed by atoms with van der Waals surface area (Å²) in [6.07, 6.45) is 1.97. The lowest BCUT2D eigenvalue weighted by Crippen LogP contribution is -2.21. The lowest BCUT2D eigenvalue weighted by atomic mass is 10.1. The standard InChI is InChI=1S/C10H19BrN4O/c1-4-6-16-7-5-8(12-2)9-10(11)13-14-15(9)3/h8,12H,4-7H2,1-3H3. The van der Waals surface area contributed by atoms with E-state index in [9.17, 15) is 0 Å².